The monoisotopic (exact) mass is 357 g/mol. The van der Waals surface area contributed by atoms with Gasteiger partial charge in [-0.15, -0.1) is 0 Å². The Morgan fingerprint density at radius 3 is 2.32 bits per heavy atom. The highest BCUT2D eigenvalue weighted by Crippen LogP contribution is 2.30. The SMILES string of the molecule is COC(=O)c1c(C)n(C(=O)c2ccc(Cl)cc2)c2ccc(OC)cc12. The summed E-state index contributed by atoms with van der Waals surface area (Å²) in [6.07, 6.45) is 0. The van der Waals surface area contributed by atoms with E-state index in [9.17, 15) is 9.59 Å². The minimum absolute atomic E-state index is 0.250. The fourth-order valence-electron chi connectivity index (χ4n) is 2.87. The second kappa shape index (κ2) is 6.61. The van der Waals surface area contributed by atoms with Crippen molar-refractivity contribution in [2.45, 2.75) is 6.92 Å². The van der Waals surface area contributed by atoms with Gasteiger partial charge in [-0.3, -0.25) is 9.36 Å². The number of carbonyl (C=O) groups is 2. The first-order valence-corrected chi connectivity index (χ1v) is 7.93. The van der Waals surface area contributed by atoms with E-state index in [-0.39, 0.29) is 5.91 Å². The van der Waals surface area contributed by atoms with Gasteiger partial charge in [-0.05, 0) is 49.4 Å². The van der Waals surface area contributed by atoms with Crippen LogP contribution in [0.15, 0.2) is 42.5 Å². The van der Waals surface area contributed by atoms with E-state index < -0.39 is 5.97 Å². The van der Waals surface area contributed by atoms with Crippen LogP contribution in [-0.2, 0) is 4.74 Å². The van der Waals surface area contributed by atoms with Gasteiger partial charge in [0.2, 0.25) is 0 Å². The predicted octanol–water partition coefficient (Wildman–Crippen LogP) is 4.09. The van der Waals surface area contributed by atoms with Gasteiger partial charge in [0.15, 0.2) is 0 Å². The Labute approximate surface area is 149 Å². The lowest BCUT2D eigenvalue weighted by atomic mass is 10.1. The van der Waals surface area contributed by atoms with Crippen molar-refractivity contribution in [3.63, 3.8) is 0 Å². The molecule has 2 aromatic carbocycles. The second-order valence-corrected chi connectivity index (χ2v) is 5.92. The smallest absolute Gasteiger partial charge is 0.340 e. The molecular formula is C19H16ClNO4. The molecule has 0 saturated heterocycles. The van der Waals surface area contributed by atoms with E-state index in [1.165, 1.54) is 11.7 Å². The third-order valence-electron chi connectivity index (χ3n) is 4.09. The van der Waals surface area contributed by atoms with E-state index in [0.717, 1.165) is 0 Å². The molecule has 0 amide bonds. The first-order valence-electron chi connectivity index (χ1n) is 7.55. The number of methoxy groups -OCH3 is 2. The maximum Gasteiger partial charge on any atom is 0.340 e. The number of fused-ring (bicyclic) bond motifs is 1. The minimum atomic E-state index is -0.501. The molecule has 0 aliphatic rings. The number of rotatable bonds is 3. The molecule has 0 bridgehead atoms. The van der Waals surface area contributed by atoms with E-state index in [4.69, 9.17) is 21.1 Å². The summed E-state index contributed by atoms with van der Waals surface area (Å²) in [6.45, 7) is 1.71. The summed E-state index contributed by atoms with van der Waals surface area (Å²) in [4.78, 5) is 25.3. The number of aromatic nitrogens is 1. The summed E-state index contributed by atoms with van der Waals surface area (Å²) in [7, 11) is 2.85. The predicted molar refractivity (Wildman–Crippen MR) is 95.7 cm³/mol. The zero-order chi connectivity index (χ0) is 18.1. The number of carbonyl (C=O) groups excluding carboxylic acids is 2. The number of hydrogen-bond donors (Lipinski definition) is 0. The fraction of sp³-hybridized carbons (Fsp3) is 0.158. The zero-order valence-corrected chi connectivity index (χ0v) is 14.8. The van der Waals surface area contributed by atoms with Crippen LogP contribution in [0.4, 0.5) is 0 Å². The van der Waals surface area contributed by atoms with Crippen LogP contribution in [0.5, 0.6) is 5.75 Å². The molecule has 3 aromatic rings. The number of benzene rings is 2. The zero-order valence-electron chi connectivity index (χ0n) is 14.0. The van der Waals surface area contributed by atoms with Crippen LogP contribution >= 0.6 is 11.6 Å². The Bertz CT molecular complexity index is 973. The molecule has 0 saturated carbocycles. The van der Waals surface area contributed by atoms with Crippen LogP contribution in [0, 0.1) is 6.92 Å². The number of ether oxygens (including phenoxy) is 2. The molecule has 5 nitrogen and oxygen atoms in total. The average Bonchev–Trinajstić information content (AvgIpc) is 2.92. The standard InChI is InChI=1S/C19H16ClNO4/c1-11-17(19(23)25-3)15-10-14(24-2)8-9-16(15)21(11)18(22)12-4-6-13(20)7-5-12/h4-10H,1-3H3. The molecular weight excluding hydrogens is 342 g/mol. The van der Waals surface area contributed by atoms with Crippen LogP contribution < -0.4 is 4.74 Å². The van der Waals surface area contributed by atoms with E-state index >= 15 is 0 Å². The summed E-state index contributed by atoms with van der Waals surface area (Å²) in [5.74, 6) is -0.161. The first kappa shape index (κ1) is 17.0. The molecule has 0 aliphatic heterocycles. The number of halogens is 1. The van der Waals surface area contributed by atoms with Crippen LogP contribution in [0.1, 0.15) is 26.4 Å². The van der Waals surface area contributed by atoms with Crippen molar-refractivity contribution in [2.75, 3.05) is 14.2 Å². The van der Waals surface area contributed by atoms with E-state index in [2.05, 4.69) is 0 Å². The van der Waals surface area contributed by atoms with Gasteiger partial charge in [0.05, 0.1) is 25.3 Å². The topological polar surface area (TPSA) is 57.5 Å². The highest BCUT2D eigenvalue weighted by atomic mass is 35.5. The number of hydrogen-bond acceptors (Lipinski definition) is 4. The Morgan fingerprint density at radius 1 is 1.04 bits per heavy atom. The molecule has 0 atom stereocenters. The van der Waals surface area contributed by atoms with Crippen molar-refractivity contribution in [3.05, 3.63) is 64.3 Å². The van der Waals surface area contributed by atoms with Crippen LogP contribution in [0.3, 0.4) is 0 Å². The van der Waals surface area contributed by atoms with Crippen LogP contribution in [-0.4, -0.2) is 30.7 Å². The van der Waals surface area contributed by atoms with Crippen molar-refractivity contribution >= 4 is 34.4 Å². The molecule has 1 aromatic heterocycles. The maximum atomic E-state index is 13.0. The molecule has 6 heteroatoms. The van der Waals surface area contributed by atoms with Crippen LogP contribution in [0.2, 0.25) is 5.02 Å². The van der Waals surface area contributed by atoms with E-state index in [0.29, 0.717) is 38.5 Å². The molecule has 0 radical (unpaired) electrons. The summed E-state index contributed by atoms with van der Waals surface area (Å²) >= 11 is 5.89. The molecule has 128 valence electrons. The minimum Gasteiger partial charge on any atom is -0.497 e. The van der Waals surface area contributed by atoms with E-state index in [1.807, 2.05) is 0 Å². The molecule has 25 heavy (non-hydrogen) atoms. The van der Waals surface area contributed by atoms with Gasteiger partial charge >= 0.3 is 5.97 Å². The lowest BCUT2D eigenvalue weighted by Gasteiger charge is -2.08. The molecule has 0 fully saturated rings. The highest BCUT2D eigenvalue weighted by Gasteiger charge is 2.24. The third kappa shape index (κ3) is 2.87. The molecule has 3 rings (SSSR count). The van der Waals surface area contributed by atoms with Crippen molar-refractivity contribution < 1.29 is 19.1 Å². The summed E-state index contributed by atoms with van der Waals surface area (Å²) in [5, 5.41) is 1.15. The number of esters is 1. The number of nitrogens with zero attached hydrogens (tertiary/aromatic N) is 1. The van der Waals surface area contributed by atoms with Gasteiger partial charge in [-0.1, -0.05) is 11.6 Å². The first-order chi connectivity index (χ1) is 12.0. The molecule has 0 spiro atoms. The largest absolute Gasteiger partial charge is 0.497 e. The van der Waals surface area contributed by atoms with Crippen molar-refractivity contribution in [1.29, 1.82) is 0 Å². The Balaban J connectivity index is 2.27. The summed E-state index contributed by atoms with van der Waals surface area (Å²) < 4.78 is 11.6. The fourth-order valence-corrected chi connectivity index (χ4v) is 2.99. The average molecular weight is 358 g/mol. The Morgan fingerprint density at radius 2 is 1.72 bits per heavy atom. The maximum absolute atomic E-state index is 13.0. The van der Waals surface area contributed by atoms with Crippen LogP contribution in [0.25, 0.3) is 10.9 Å². The third-order valence-corrected chi connectivity index (χ3v) is 4.35. The van der Waals surface area contributed by atoms with Gasteiger partial charge in [0.25, 0.3) is 5.91 Å². The van der Waals surface area contributed by atoms with E-state index in [1.54, 1.807) is 56.5 Å². The van der Waals surface area contributed by atoms with Crippen molar-refractivity contribution in [2.24, 2.45) is 0 Å². The molecule has 0 aliphatic carbocycles. The molecule has 0 N–H and O–H groups in total. The summed E-state index contributed by atoms with van der Waals surface area (Å²) in [6, 6.07) is 11.8. The summed E-state index contributed by atoms with van der Waals surface area (Å²) in [5.41, 5.74) is 1.93. The Hall–Kier alpha value is -2.79. The van der Waals surface area contributed by atoms with Gasteiger partial charge in [-0.25, -0.2) is 4.79 Å². The van der Waals surface area contributed by atoms with Gasteiger partial charge < -0.3 is 9.47 Å². The second-order valence-electron chi connectivity index (χ2n) is 5.48. The normalized spacial score (nSPS) is 10.7. The van der Waals surface area contributed by atoms with Crippen molar-refractivity contribution in [1.82, 2.24) is 4.57 Å². The van der Waals surface area contributed by atoms with Gasteiger partial charge in [0.1, 0.15) is 5.75 Å². The quantitative estimate of drug-likeness (QED) is 0.662. The van der Waals surface area contributed by atoms with Crippen molar-refractivity contribution in [3.8, 4) is 5.75 Å². The van der Waals surface area contributed by atoms with Gasteiger partial charge in [-0.2, -0.15) is 0 Å². The lowest BCUT2D eigenvalue weighted by Crippen LogP contribution is -2.14. The lowest BCUT2D eigenvalue weighted by molar-refractivity contribution is 0.0602. The molecule has 1 heterocycles. The molecule has 0 unspecified atom stereocenters. The Kier molecular flexibility index (Phi) is 4.51. The highest BCUT2D eigenvalue weighted by molar-refractivity contribution is 6.30. The van der Waals surface area contributed by atoms with Gasteiger partial charge in [0, 0.05) is 21.7 Å².